The van der Waals surface area contributed by atoms with E-state index in [2.05, 4.69) is 40.8 Å². The zero-order valence-electron chi connectivity index (χ0n) is 20.4. The van der Waals surface area contributed by atoms with Crippen molar-refractivity contribution in [1.29, 1.82) is 0 Å². The van der Waals surface area contributed by atoms with Crippen LogP contribution in [0.2, 0.25) is 18.1 Å². The first-order valence-electron chi connectivity index (χ1n) is 11.7. The Bertz CT molecular complexity index is 931. The van der Waals surface area contributed by atoms with E-state index in [0.29, 0.717) is 5.76 Å². The molecule has 0 fully saturated rings. The minimum Gasteiger partial charge on any atom is -0.465 e. The van der Waals surface area contributed by atoms with Crippen LogP contribution in [0.5, 0.6) is 0 Å². The van der Waals surface area contributed by atoms with Crippen LogP contribution in [-0.4, -0.2) is 13.4 Å². The standard InChI is InChI=1S/C28H38O3Si/c1-7-8-19-25(31-32(5,6)27(2,3)4)24-20-21-30-26(24)28(29,22-15-11-9-12-16-22)23-17-13-10-14-18-23/h9-18,20-21,25,29H,7-8,19H2,1-6H3. The monoisotopic (exact) mass is 450 g/mol. The lowest BCUT2D eigenvalue weighted by Gasteiger charge is -2.40. The van der Waals surface area contributed by atoms with Gasteiger partial charge in [0.1, 0.15) is 5.76 Å². The van der Waals surface area contributed by atoms with Gasteiger partial charge in [-0.1, -0.05) is 101 Å². The van der Waals surface area contributed by atoms with E-state index < -0.39 is 13.9 Å². The summed E-state index contributed by atoms with van der Waals surface area (Å²) in [5.41, 5.74) is 1.11. The lowest BCUT2D eigenvalue weighted by molar-refractivity contribution is 0.0901. The van der Waals surface area contributed by atoms with Crippen molar-refractivity contribution >= 4 is 8.32 Å². The minimum atomic E-state index is -2.04. The van der Waals surface area contributed by atoms with Gasteiger partial charge in [0, 0.05) is 5.56 Å². The molecule has 3 rings (SSSR count). The molecule has 3 nitrogen and oxygen atoms in total. The number of hydrogen-bond acceptors (Lipinski definition) is 3. The summed E-state index contributed by atoms with van der Waals surface area (Å²) < 4.78 is 13.0. The van der Waals surface area contributed by atoms with Crippen molar-refractivity contribution in [2.24, 2.45) is 0 Å². The predicted octanol–water partition coefficient (Wildman–Crippen LogP) is 7.82. The van der Waals surface area contributed by atoms with Crippen molar-refractivity contribution in [1.82, 2.24) is 0 Å². The van der Waals surface area contributed by atoms with Gasteiger partial charge in [-0.25, -0.2) is 0 Å². The predicted molar refractivity (Wildman–Crippen MR) is 134 cm³/mol. The number of rotatable bonds is 9. The van der Waals surface area contributed by atoms with Crippen LogP contribution < -0.4 is 0 Å². The lowest BCUT2D eigenvalue weighted by atomic mass is 9.81. The molecule has 172 valence electrons. The van der Waals surface area contributed by atoms with Crippen molar-refractivity contribution in [2.75, 3.05) is 0 Å². The van der Waals surface area contributed by atoms with Crippen LogP contribution in [-0.2, 0) is 10.0 Å². The van der Waals surface area contributed by atoms with Gasteiger partial charge in [0.2, 0.25) is 0 Å². The molecule has 0 aliphatic rings. The van der Waals surface area contributed by atoms with Gasteiger partial charge in [-0.2, -0.15) is 0 Å². The Morgan fingerprint density at radius 3 is 1.91 bits per heavy atom. The second-order valence-corrected chi connectivity index (χ2v) is 14.9. The Morgan fingerprint density at radius 2 is 1.44 bits per heavy atom. The van der Waals surface area contributed by atoms with Gasteiger partial charge in [-0.05, 0) is 41.7 Å². The highest BCUT2D eigenvalue weighted by Gasteiger charge is 2.43. The minimum absolute atomic E-state index is 0.0938. The SMILES string of the molecule is CCCCC(O[Si](C)(C)C(C)(C)C)c1ccoc1C(O)(c1ccccc1)c1ccccc1. The molecule has 32 heavy (non-hydrogen) atoms. The first-order valence-corrected chi connectivity index (χ1v) is 14.6. The van der Waals surface area contributed by atoms with E-state index >= 15 is 0 Å². The van der Waals surface area contributed by atoms with Crippen molar-refractivity contribution in [3.8, 4) is 0 Å². The van der Waals surface area contributed by atoms with Crippen LogP contribution in [0.4, 0.5) is 0 Å². The molecule has 0 aliphatic heterocycles. The number of furan rings is 1. The van der Waals surface area contributed by atoms with Gasteiger partial charge in [0.15, 0.2) is 13.9 Å². The normalized spacial score (nSPS) is 13.8. The number of unbranched alkanes of at least 4 members (excludes halogenated alkanes) is 1. The summed E-state index contributed by atoms with van der Waals surface area (Å²) in [5.74, 6) is 0.551. The van der Waals surface area contributed by atoms with E-state index in [-0.39, 0.29) is 11.1 Å². The molecule has 0 aliphatic carbocycles. The second kappa shape index (κ2) is 9.78. The highest BCUT2D eigenvalue weighted by atomic mass is 28.4. The molecule has 0 bridgehead atoms. The molecule has 1 aromatic heterocycles. The Morgan fingerprint density at radius 1 is 0.906 bits per heavy atom. The van der Waals surface area contributed by atoms with Crippen LogP contribution in [0.1, 0.15) is 75.5 Å². The summed E-state index contributed by atoms with van der Waals surface area (Å²) >= 11 is 0. The fourth-order valence-corrected chi connectivity index (χ4v) is 5.16. The quantitative estimate of drug-likeness (QED) is 0.338. The van der Waals surface area contributed by atoms with E-state index in [1.807, 2.05) is 66.7 Å². The van der Waals surface area contributed by atoms with Gasteiger partial charge in [-0.15, -0.1) is 0 Å². The number of aliphatic hydroxyl groups is 1. The zero-order chi connectivity index (χ0) is 23.4. The van der Waals surface area contributed by atoms with Gasteiger partial charge in [0.05, 0.1) is 12.4 Å². The van der Waals surface area contributed by atoms with Crippen LogP contribution in [0.3, 0.4) is 0 Å². The maximum absolute atomic E-state index is 12.3. The van der Waals surface area contributed by atoms with Crippen molar-refractivity contribution in [3.63, 3.8) is 0 Å². The van der Waals surface area contributed by atoms with Gasteiger partial charge >= 0.3 is 0 Å². The Hall–Kier alpha value is -2.14. The lowest BCUT2D eigenvalue weighted by Crippen LogP contribution is -2.42. The summed E-state index contributed by atoms with van der Waals surface area (Å²) in [6, 6.07) is 21.5. The molecule has 2 aromatic carbocycles. The molecule has 0 amide bonds. The highest BCUT2D eigenvalue weighted by Crippen LogP contribution is 2.45. The molecule has 0 saturated heterocycles. The largest absolute Gasteiger partial charge is 0.465 e. The van der Waals surface area contributed by atoms with E-state index in [0.717, 1.165) is 36.0 Å². The average molecular weight is 451 g/mol. The molecule has 0 spiro atoms. The third-order valence-corrected chi connectivity index (χ3v) is 11.3. The fraction of sp³-hybridized carbons (Fsp3) is 0.429. The molecule has 1 N–H and O–H groups in total. The van der Waals surface area contributed by atoms with Gasteiger partial charge in [0.25, 0.3) is 0 Å². The van der Waals surface area contributed by atoms with Crippen molar-refractivity contribution in [3.05, 3.63) is 95.4 Å². The topological polar surface area (TPSA) is 42.6 Å². The summed E-state index contributed by atoms with van der Waals surface area (Å²) in [4.78, 5) is 0. The first kappa shape index (κ1) is 24.5. The fourth-order valence-electron chi connectivity index (χ4n) is 3.85. The molecule has 0 radical (unpaired) electrons. The molecule has 1 atom stereocenters. The van der Waals surface area contributed by atoms with E-state index in [1.54, 1.807) is 6.26 Å². The molecule has 0 saturated carbocycles. The Labute approximate surface area is 194 Å². The number of hydrogen-bond donors (Lipinski definition) is 1. The smallest absolute Gasteiger partial charge is 0.192 e. The molecule has 1 heterocycles. The van der Waals surface area contributed by atoms with Crippen LogP contribution in [0.15, 0.2) is 77.4 Å². The van der Waals surface area contributed by atoms with Crippen LogP contribution in [0, 0.1) is 0 Å². The average Bonchev–Trinajstić information content (AvgIpc) is 3.27. The third kappa shape index (κ3) is 4.93. The zero-order valence-corrected chi connectivity index (χ0v) is 21.4. The van der Waals surface area contributed by atoms with Crippen molar-refractivity contribution < 1.29 is 13.9 Å². The summed E-state index contributed by atoms with van der Waals surface area (Å²) in [6.45, 7) is 13.5. The maximum Gasteiger partial charge on any atom is 0.192 e. The van der Waals surface area contributed by atoms with Crippen LogP contribution in [0.25, 0.3) is 0 Å². The molecule has 3 aromatic rings. The highest BCUT2D eigenvalue weighted by molar-refractivity contribution is 6.74. The number of benzene rings is 2. The van der Waals surface area contributed by atoms with E-state index in [4.69, 9.17) is 8.84 Å². The van der Waals surface area contributed by atoms with E-state index in [9.17, 15) is 5.11 Å². The molecule has 1 unspecified atom stereocenters. The van der Waals surface area contributed by atoms with Gasteiger partial charge in [-0.3, -0.25) is 0 Å². The summed E-state index contributed by atoms with van der Waals surface area (Å²) in [7, 11) is -2.04. The molecular weight excluding hydrogens is 412 g/mol. The molecular formula is C28H38O3Si. The Balaban J connectivity index is 2.15. The third-order valence-electron chi connectivity index (χ3n) is 6.82. The second-order valence-electron chi connectivity index (χ2n) is 10.2. The summed E-state index contributed by atoms with van der Waals surface area (Å²) in [6.07, 6.45) is 4.61. The first-order chi connectivity index (χ1) is 15.1. The van der Waals surface area contributed by atoms with Crippen molar-refractivity contribution in [2.45, 2.75) is 76.8 Å². The molecule has 4 heteroatoms. The van der Waals surface area contributed by atoms with E-state index in [1.165, 1.54) is 0 Å². The van der Waals surface area contributed by atoms with Gasteiger partial charge < -0.3 is 13.9 Å². The maximum atomic E-state index is 12.3. The Kier molecular flexibility index (Phi) is 7.49. The van der Waals surface area contributed by atoms with Crippen LogP contribution >= 0.6 is 0 Å². The summed E-state index contributed by atoms with van der Waals surface area (Å²) in [5, 5.41) is 12.4.